The molecule has 1 saturated heterocycles. The third-order valence-electron chi connectivity index (χ3n) is 5.42. The van der Waals surface area contributed by atoms with Crippen molar-refractivity contribution in [2.24, 2.45) is 5.14 Å². The molecule has 1 aromatic heterocycles. The Morgan fingerprint density at radius 3 is 2.78 bits per heavy atom. The third-order valence-corrected chi connectivity index (χ3v) is 6.46. The molecule has 146 valence electrons. The van der Waals surface area contributed by atoms with E-state index in [0.717, 1.165) is 30.5 Å². The Hall–Kier alpha value is -2.19. The number of piperidine rings is 1. The summed E-state index contributed by atoms with van der Waals surface area (Å²) < 4.78 is 23.8. The molecule has 1 aliphatic rings. The first kappa shape index (κ1) is 19.6. The number of aromatic nitrogens is 2. The van der Waals surface area contributed by atoms with E-state index >= 15 is 0 Å². The first-order valence-electron chi connectivity index (χ1n) is 9.17. The van der Waals surface area contributed by atoms with Crippen LogP contribution in [0.15, 0.2) is 23.2 Å². The molecular weight excluding hydrogens is 364 g/mol. The van der Waals surface area contributed by atoms with Crippen LogP contribution in [-0.4, -0.2) is 42.5 Å². The topological polar surface area (TPSA) is 109 Å². The van der Waals surface area contributed by atoms with Gasteiger partial charge in [0.1, 0.15) is 0 Å². The van der Waals surface area contributed by atoms with E-state index in [1.54, 1.807) is 24.8 Å². The summed E-state index contributed by atoms with van der Waals surface area (Å²) in [6.45, 7) is 6.82. The SMILES string of the molecule is CCc1cn[nH]c1C1CCCN(C(=O)c2cc(C)c(C)c(S(N)(=O)=O)c2)C1. The number of nitrogens with zero attached hydrogens (tertiary/aromatic N) is 2. The Kier molecular flexibility index (Phi) is 5.39. The summed E-state index contributed by atoms with van der Waals surface area (Å²) in [6.07, 6.45) is 4.63. The maximum absolute atomic E-state index is 13.1. The molecule has 0 saturated carbocycles. The zero-order valence-corrected chi connectivity index (χ0v) is 16.8. The number of aryl methyl sites for hydroxylation is 2. The first-order valence-corrected chi connectivity index (χ1v) is 10.7. The van der Waals surface area contributed by atoms with Crippen molar-refractivity contribution >= 4 is 15.9 Å². The van der Waals surface area contributed by atoms with E-state index in [1.807, 2.05) is 6.20 Å². The Balaban J connectivity index is 1.89. The number of hydrogen-bond acceptors (Lipinski definition) is 4. The van der Waals surface area contributed by atoms with E-state index in [1.165, 1.54) is 11.6 Å². The number of sulfonamides is 1. The van der Waals surface area contributed by atoms with Crippen molar-refractivity contribution in [2.75, 3.05) is 13.1 Å². The van der Waals surface area contributed by atoms with Crippen LogP contribution in [-0.2, 0) is 16.4 Å². The van der Waals surface area contributed by atoms with Gasteiger partial charge in [0, 0.05) is 30.3 Å². The van der Waals surface area contributed by atoms with Gasteiger partial charge >= 0.3 is 0 Å². The molecule has 27 heavy (non-hydrogen) atoms. The van der Waals surface area contributed by atoms with Crippen LogP contribution < -0.4 is 5.14 Å². The number of benzene rings is 1. The highest BCUT2D eigenvalue weighted by Crippen LogP contribution is 2.29. The van der Waals surface area contributed by atoms with Gasteiger partial charge in [0.25, 0.3) is 5.91 Å². The van der Waals surface area contributed by atoms with Gasteiger partial charge in [-0.2, -0.15) is 5.10 Å². The van der Waals surface area contributed by atoms with Gasteiger partial charge in [-0.15, -0.1) is 0 Å². The fourth-order valence-electron chi connectivity index (χ4n) is 3.78. The van der Waals surface area contributed by atoms with E-state index in [0.29, 0.717) is 24.2 Å². The quantitative estimate of drug-likeness (QED) is 0.834. The van der Waals surface area contributed by atoms with E-state index in [2.05, 4.69) is 17.1 Å². The average Bonchev–Trinajstić information content (AvgIpc) is 3.11. The lowest BCUT2D eigenvalue weighted by atomic mass is 9.91. The summed E-state index contributed by atoms with van der Waals surface area (Å²) in [6, 6.07) is 3.14. The van der Waals surface area contributed by atoms with Gasteiger partial charge in [-0.05, 0) is 61.9 Å². The summed E-state index contributed by atoms with van der Waals surface area (Å²) in [5, 5.41) is 12.6. The lowest BCUT2D eigenvalue weighted by Crippen LogP contribution is -2.39. The normalized spacial score (nSPS) is 17.9. The van der Waals surface area contributed by atoms with Crippen LogP contribution in [0.25, 0.3) is 0 Å². The lowest BCUT2D eigenvalue weighted by molar-refractivity contribution is 0.0705. The Morgan fingerprint density at radius 2 is 2.11 bits per heavy atom. The van der Waals surface area contributed by atoms with Gasteiger partial charge in [-0.1, -0.05) is 6.92 Å². The zero-order chi connectivity index (χ0) is 19.8. The number of primary sulfonamides is 1. The van der Waals surface area contributed by atoms with Crippen molar-refractivity contribution < 1.29 is 13.2 Å². The number of aromatic amines is 1. The second kappa shape index (κ2) is 7.44. The molecule has 1 aliphatic heterocycles. The van der Waals surface area contributed by atoms with Crippen molar-refractivity contribution in [1.29, 1.82) is 0 Å². The maximum atomic E-state index is 13.1. The maximum Gasteiger partial charge on any atom is 0.253 e. The average molecular weight is 391 g/mol. The molecule has 2 heterocycles. The predicted molar refractivity (Wildman–Crippen MR) is 103 cm³/mol. The van der Waals surface area contributed by atoms with E-state index in [9.17, 15) is 13.2 Å². The van der Waals surface area contributed by atoms with Crippen molar-refractivity contribution in [3.8, 4) is 0 Å². The number of carbonyl (C=O) groups excluding carboxylic acids is 1. The number of nitrogens with one attached hydrogen (secondary N) is 1. The molecular formula is C19H26N4O3S. The minimum atomic E-state index is -3.88. The first-order chi connectivity index (χ1) is 12.7. The number of carbonyl (C=O) groups is 1. The Morgan fingerprint density at radius 1 is 1.37 bits per heavy atom. The smallest absolute Gasteiger partial charge is 0.253 e. The third kappa shape index (κ3) is 3.91. The summed E-state index contributed by atoms with van der Waals surface area (Å²) >= 11 is 0. The standard InChI is InChI=1S/C19H26N4O3S/c1-4-14-10-21-22-18(14)15-6-5-7-23(11-15)19(24)16-8-12(2)13(3)17(9-16)27(20,25)26/h8-10,15H,4-7,11H2,1-3H3,(H,21,22)(H2,20,25,26). The lowest BCUT2D eigenvalue weighted by Gasteiger charge is -2.33. The summed E-state index contributed by atoms with van der Waals surface area (Å²) in [5.74, 6) is 0.0506. The molecule has 7 nitrogen and oxygen atoms in total. The number of nitrogens with two attached hydrogens (primary N) is 1. The van der Waals surface area contributed by atoms with Crippen LogP contribution in [0.5, 0.6) is 0 Å². The molecule has 1 aromatic carbocycles. The molecule has 2 aromatic rings. The van der Waals surface area contributed by atoms with Crippen LogP contribution >= 0.6 is 0 Å². The molecule has 3 rings (SSSR count). The molecule has 1 fully saturated rings. The van der Waals surface area contributed by atoms with Crippen LogP contribution in [0.3, 0.4) is 0 Å². The van der Waals surface area contributed by atoms with Gasteiger partial charge in [-0.3, -0.25) is 9.89 Å². The second-order valence-corrected chi connectivity index (χ2v) is 8.74. The number of likely N-dealkylation sites (tertiary alicyclic amines) is 1. The minimum Gasteiger partial charge on any atom is -0.338 e. The van der Waals surface area contributed by atoms with Crippen molar-refractivity contribution in [3.63, 3.8) is 0 Å². The molecule has 0 aliphatic carbocycles. The minimum absolute atomic E-state index is 0.0150. The number of amides is 1. The molecule has 0 bridgehead atoms. The van der Waals surface area contributed by atoms with Gasteiger partial charge in [0.2, 0.25) is 10.0 Å². The Labute approximate surface area is 160 Å². The molecule has 0 spiro atoms. The monoisotopic (exact) mass is 390 g/mol. The van der Waals surface area contributed by atoms with Crippen molar-refractivity contribution in [1.82, 2.24) is 15.1 Å². The number of rotatable bonds is 4. The molecule has 8 heteroatoms. The van der Waals surface area contributed by atoms with Gasteiger partial charge in [0.15, 0.2) is 0 Å². The van der Waals surface area contributed by atoms with E-state index < -0.39 is 10.0 Å². The number of hydrogen-bond donors (Lipinski definition) is 2. The van der Waals surface area contributed by atoms with E-state index in [-0.39, 0.29) is 16.7 Å². The van der Waals surface area contributed by atoms with Crippen molar-refractivity contribution in [3.05, 3.63) is 46.3 Å². The van der Waals surface area contributed by atoms with Crippen molar-refractivity contribution in [2.45, 2.75) is 50.8 Å². The number of H-pyrrole nitrogens is 1. The fourth-order valence-corrected chi connectivity index (χ4v) is 4.66. The summed E-state index contributed by atoms with van der Waals surface area (Å²) in [7, 11) is -3.88. The van der Waals surface area contributed by atoms with Crippen LogP contribution in [0, 0.1) is 13.8 Å². The van der Waals surface area contributed by atoms with E-state index in [4.69, 9.17) is 5.14 Å². The predicted octanol–water partition coefficient (Wildman–Crippen LogP) is 2.26. The van der Waals surface area contributed by atoms with Gasteiger partial charge in [-0.25, -0.2) is 13.6 Å². The molecule has 0 radical (unpaired) electrons. The van der Waals surface area contributed by atoms with Crippen LogP contribution in [0.2, 0.25) is 0 Å². The highest BCUT2D eigenvalue weighted by molar-refractivity contribution is 7.89. The van der Waals surface area contributed by atoms with Gasteiger partial charge in [0.05, 0.1) is 11.1 Å². The summed E-state index contributed by atoms with van der Waals surface area (Å²) in [5.41, 5.74) is 3.95. The second-order valence-electron chi connectivity index (χ2n) is 7.21. The molecule has 1 atom stereocenters. The fraction of sp³-hybridized carbons (Fsp3) is 0.474. The molecule has 1 amide bonds. The van der Waals surface area contributed by atoms with Gasteiger partial charge < -0.3 is 4.90 Å². The highest BCUT2D eigenvalue weighted by Gasteiger charge is 2.28. The Bertz CT molecular complexity index is 965. The summed E-state index contributed by atoms with van der Waals surface area (Å²) in [4.78, 5) is 14.9. The van der Waals surface area contributed by atoms with Crippen LogP contribution in [0.4, 0.5) is 0 Å². The highest BCUT2D eigenvalue weighted by atomic mass is 32.2. The zero-order valence-electron chi connectivity index (χ0n) is 15.9. The molecule has 3 N–H and O–H groups in total. The largest absolute Gasteiger partial charge is 0.338 e. The molecule has 1 unspecified atom stereocenters. The van der Waals surface area contributed by atoms with Crippen LogP contribution in [0.1, 0.15) is 58.4 Å².